The third-order valence-corrected chi connectivity index (χ3v) is 2.15. The molecule has 0 bridgehead atoms. The minimum absolute atomic E-state index is 0.0191. The fraction of sp³-hybridized carbons (Fsp3) is 0.455. The van der Waals surface area contributed by atoms with Crippen LogP contribution >= 0.6 is 0 Å². The standard InChI is InChI=1S/C11H14F3NO/c1-3-16-9-5-4-7(2)6-8(9)10(15)11(12,13)14/h4-6,10H,3,15H2,1-2H3. The van der Waals surface area contributed by atoms with Gasteiger partial charge in [0.15, 0.2) is 0 Å². The normalized spacial score (nSPS) is 13.6. The molecule has 0 heterocycles. The first kappa shape index (κ1) is 12.8. The largest absolute Gasteiger partial charge is 0.494 e. The van der Waals surface area contributed by atoms with Crippen molar-refractivity contribution in [1.82, 2.24) is 0 Å². The number of aryl methyl sites for hydroxylation is 1. The minimum atomic E-state index is -4.46. The van der Waals surface area contributed by atoms with E-state index in [4.69, 9.17) is 10.5 Å². The average Bonchev–Trinajstić information content (AvgIpc) is 2.18. The summed E-state index contributed by atoms with van der Waals surface area (Å²) < 4.78 is 42.6. The number of ether oxygens (including phenoxy) is 1. The van der Waals surface area contributed by atoms with E-state index in [1.165, 1.54) is 12.1 Å². The zero-order valence-electron chi connectivity index (χ0n) is 9.14. The van der Waals surface area contributed by atoms with Crippen molar-refractivity contribution in [2.24, 2.45) is 5.73 Å². The third-order valence-electron chi connectivity index (χ3n) is 2.15. The molecular weight excluding hydrogens is 219 g/mol. The maximum atomic E-state index is 12.5. The van der Waals surface area contributed by atoms with Gasteiger partial charge in [0.05, 0.1) is 6.61 Å². The molecule has 2 nitrogen and oxygen atoms in total. The molecule has 90 valence electrons. The fourth-order valence-corrected chi connectivity index (χ4v) is 1.37. The van der Waals surface area contributed by atoms with Crippen LogP contribution in [-0.2, 0) is 0 Å². The predicted molar refractivity (Wildman–Crippen MR) is 55.3 cm³/mol. The summed E-state index contributed by atoms with van der Waals surface area (Å²) in [4.78, 5) is 0. The molecule has 16 heavy (non-hydrogen) atoms. The lowest BCUT2D eigenvalue weighted by molar-refractivity contribution is -0.149. The summed E-state index contributed by atoms with van der Waals surface area (Å²) in [7, 11) is 0. The van der Waals surface area contributed by atoms with E-state index in [0.29, 0.717) is 6.61 Å². The second-order valence-electron chi connectivity index (χ2n) is 3.49. The second kappa shape index (κ2) is 4.74. The van der Waals surface area contributed by atoms with E-state index in [0.717, 1.165) is 5.56 Å². The van der Waals surface area contributed by atoms with Gasteiger partial charge in [-0.15, -0.1) is 0 Å². The van der Waals surface area contributed by atoms with E-state index in [9.17, 15) is 13.2 Å². The molecule has 0 saturated carbocycles. The number of benzene rings is 1. The van der Waals surface area contributed by atoms with Crippen LogP contribution in [0.4, 0.5) is 13.2 Å². The van der Waals surface area contributed by atoms with Crippen LogP contribution in [-0.4, -0.2) is 12.8 Å². The molecule has 0 fully saturated rings. The Balaban J connectivity index is 3.14. The Morgan fingerprint density at radius 2 is 2.00 bits per heavy atom. The molecule has 1 rings (SSSR count). The molecule has 0 radical (unpaired) electrons. The van der Waals surface area contributed by atoms with Crippen molar-refractivity contribution >= 4 is 0 Å². The summed E-state index contributed by atoms with van der Waals surface area (Å²) in [5.74, 6) is 0.193. The highest BCUT2D eigenvalue weighted by Crippen LogP contribution is 2.35. The first-order valence-corrected chi connectivity index (χ1v) is 4.92. The van der Waals surface area contributed by atoms with Gasteiger partial charge in [0.2, 0.25) is 0 Å². The molecule has 1 atom stereocenters. The van der Waals surface area contributed by atoms with Crippen molar-refractivity contribution in [1.29, 1.82) is 0 Å². The van der Waals surface area contributed by atoms with Gasteiger partial charge >= 0.3 is 6.18 Å². The summed E-state index contributed by atoms with van der Waals surface area (Å²) in [6, 6.07) is 2.61. The summed E-state index contributed by atoms with van der Waals surface area (Å²) in [6.45, 7) is 3.73. The molecule has 1 aromatic rings. The number of rotatable bonds is 3. The Morgan fingerprint density at radius 3 is 2.50 bits per heavy atom. The van der Waals surface area contributed by atoms with Crippen molar-refractivity contribution in [3.05, 3.63) is 29.3 Å². The number of halogens is 3. The van der Waals surface area contributed by atoms with Gasteiger partial charge in [-0.05, 0) is 19.9 Å². The van der Waals surface area contributed by atoms with Crippen molar-refractivity contribution in [3.8, 4) is 5.75 Å². The first-order chi connectivity index (χ1) is 7.36. The highest BCUT2D eigenvalue weighted by molar-refractivity contribution is 5.39. The zero-order chi connectivity index (χ0) is 12.3. The summed E-state index contributed by atoms with van der Waals surface area (Å²) in [6.07, 6.45) is -4.46. The Hall–Kier alpha value is -1.23. The van der Waals surface area contributed by atoms with E-state index < -0.39 is 12.2 Å². The average molecular weight is 233 g/mol. The molecule has 0 aromatic heterocycles. The first-order valence-electron chi connectivity index (χ1n) is 4.92. The van der Waals surface area contributed by atoms with Crippen LogP contribution in [0.15, 0.2) is 18.2 Å². The fourth-order valence-electron chi connectivity index (χ4n) is 1.37. The molecule has 0 saturated heterocycles. The molecule has 0 aliphatic carbocycles. The lowest BCUT2D eigenvalue weighted by Crippen LogP contribution is -2.29. The van der Waals surface area contributed by atoms with Crippen LogP contribution in [0.5, 0.6) is 5.75 Å². The van der Waals surface area contributed by atoms with Crippen molar-refractivity contribution in [2.75, 3.05) is 6.61 Å². The molecule has 5 heteroatoms. The monoisotopic (exact) mass is 233 g/mol. The van der Waals surface area contributed by atoms with E-state index in [-0.39, 0.29) is 11.3 Å². The second-order valence-corrected chi connectivity index (χ2v) is 3.49. The number of alkyl halides is 3. The van der Waals surface area contributed by atoms with Crippen LogP contribution in [0, 0.1) is 6.92 Å². The third kappa shape index (κ3) is 2.88. The van der Waals surface area contributed by atoms with E-state index in [1.54, 1.807) is 19.9 Å². The number of hydrogen-bond acceptors (Lipinski definition) is 2. The van der Waals surface area contributed by atoms with Crippen LogP contribution in [0.3, 0.4) is 0 Å². The van der Waals surface area contributed by atoms with Crippen LogP contribution in [0.25, 0.3) is 0 Å². The molecule has 0 aliphatic heterocycles. The highest BCUT2D eigenvalue weighted by atomic mass is 19.4. The van der Waals surface area contributed by atoms with Gasteiger partial charge in [0, 0.05) is 5.56 Å². The van der Waals surface area contributed by atoms with E-state index >= 15 is 0 Å². The molecule has 1 aromatic carbocycles. The summed E-state index contributed by atoms with van der Waals surface area (Å²) >= 11 is 0. The molecule has 0 aliphatic rings. The molecule has 2 N–H and O–H groups in total. The van der Waals surface area contributed by atoms with Gasteiger partial charge in [0.1, 0.15) is 11.8 Å². The lowest BCUT2D eigenvalue weighted by atomic mass is 10.0. The van der Waals surface area contributed by atoms with Gasteiger partial charge in [0.25, 0.3) is 0 Å². The Morgan fingerprint density at radius 1 is 1.38 bits per heavy atom. The summed E-state index contributed by atoms with van der Waals surface area (Å²) in [5, 5.41) is 0. The molecule has 0 amide bonds. The highest BCUT2D eigenvalue weighted by Gasteiger charge is 2.39. The van der Waals surface area contributed by atoms with Gasteiger partial charge in [-0.1, -0.05) is 17.7 Å². The maximum Gasteiger partial charge on any atom is 0.407 e. The predicted octanol–water partition coefficient (Wildman–Crippen LogP) is 2.96. The van der Waals surface area contributed by atoms with E-state index in [2.05, 4.69) is 0 Å². The van der Waals surface area contributed by atoms with Gasteiger partial charge in [-0.25, -0.2) is 0 Å². The molecular formula is C11H14F3NO. The SMILES string of the molecule is CCOc1ccc(C)cc1C(N)C(F)(F)F. The van der Waals surface area contributed by atoms with Crippen LogP contribution < -0.4 is 10.5 Å². The lowest BCUT2D eigenvalue weighted by Gasteiger charge is -2.19. The van der Waals surface area contributed by atoms with Crippen molar-refractivity contribution < 1.29 is 17.9 Å². The van der Waals surface area contributed by atoms with Gasteiger partial charge in [-0.2, -0.15) is 13.2 Å². The van der Waals surface area contributed by atoms with Crippen molar-refractivity contribution in [3.63, 3.8) is 0 Å². The quantitative estimate of drug-likeness (QED) is 0.871. The Labute approximate surface area is 92.2 Å². The van der Waals surface area contributed by atoms with E-state index in [1.807, 2.05) is 0 Å². The molecule has 0 spiro atoms. The maximum absolute atomic E-state index is 12.5. The van der Waals surface area contributed by atoms with Gasteiger partial charge < -0.3 is 10.5 Å². The molecule has 1 unspecified atom stereocenters. The smallest absolute Gasteiger partial charge is 0.407 e. The Bertz CT molecular complexity index is 363. The summed E-state index contributed by atoms with van der Waals surface area (Å²) in [5.41, 5.74) is 5.87. The van der Waals surface area contributed by atoms with Crippen LogP contribution in [0.2, 0.25) is 0 Å². The Kier molecular flexibility index (Phi) is 3.80. The minimum Gasteiger partial charge on any atom is -0.494 e. The topological polar surface area (TPSA) is 35.2 Å². The number of nitrogens with two attached hydrogens (primary N) is 1. The zero-order valence-corrected chi connectivity index (χ0v) is 9.14. The van der Waals surface area contributed by atoms with Gasteiger partial charge in [-0.3, -0.25) is 0 Å². The van der Waals surface area contributed by atoms with Crippen molar-refractivity contribution in [2.45, 2.75) is 26.1 Å². The number of hydrogen-bond donors (Lipinski definition) is 1. The van der Waals surface area contributed by atoms with Crippen LogP contribution in [0.1, 0.15) is 24.1 Å².